The molecule has 5 atom stereocenters. The van der Waals surface area contributed by atoms with Crippen molar-refractivity contribution in [3.05, 3.63) is 0 Å². The van der Waals surface area contributed by atoms with Gasteiger partial charge in [0.05, 0.1) is 19.2 Å². The fraction of sp³-hybridized carbons (Fsp3) is 0.875. The summed E-state index contributed by atoms with van der Waals surface area (Å²) in [5.74, 6) is -3.51. The second-order valence-corrected chi connectivity index (χ2v) is 3.64. The number of carbonyl (C=O) groups is 1. The minimum atomic E-state index is -2.54. The van der Waals surface area contributed by atoms with Gasteiger partial charge in [-0.2, -0.15) is 0 Å². The standard InChI is InChI=1S/C8H16N2O6/c9-1-4(12)8(15)7(10)6(14)5(13)3(2-11)16-8/h3,5-7,11,13-15H,1-2,9-10H2/t3-,5-,6+,7-,8?/m1/s1/i/hD. The van der Waals surface area contributed by atoms with Crippen LogP contribution in [-0.2, 0) is 9.53 Å². The first-order chi connectivity index (χ1) is 7.88. The number of nitrogens with two attached hydrogens (primary N) is 2. The summed E-state index contributed by atoms with van der Waals surface area (Å²) in [5.41, 5.74) is 7.19. The van der Waals surface area contributed by atoms with E-state index in [4.69, 9.17) is 17.0 Å². The topological polar surface area (TPSA) is 159 Å². The van der Waals surface area contributed by atoms with Crippen molar-refractivity contribution in [2.24, 2.45) is 11.5 Å². The van der Waals surface area contributed by atoms with Gasteiger partial charge in [-0.1, -0.05) is 0 Å². The average molecular weight is 237 g/mol. The number of hydrogen-bond acceptors (Lipinski definition) is 8. The van der Waals surface area contributed by atoms with E-state index in [2.05, 4.69) is 0 Å². The zero-order chi connectivity index (χ0) is 13.2. The molecule has 0 aliphatic carbocycles. The fourth-order valence-corrected chi connectivity index (χ4v) is 1.57. The molecule has 1 rings (SSSR count). The first-order valence-corrected chi connectivity index (χ1v) is 4.69. The van der Waals surface area contributed by atoms with Crippen LogP contribution in [0.25, 0.3) is 0 Å². The first-order valence-electron chi connectivity index (χ1n) is 5.19. The van der Waals surface area contributed by atoms with Crippen LogP contribution in [0.15, 0.2) is 0 Å². The zero-order valence-electron chi connectivity index (χ0n) is 9.41. The molecule has 1 saturated heterocycles. The van der Waals surface area contributed by atoms with E-state index in [0.717, 1.165) is 0 Å². The summed E-state index contributed by atoms with van der Waals surface area (Å²) in [7, 11) is 0. The van der Waals surface area contributed by atoms with Gasteiger partial charge < -0.3 is 36.6 Å². The smallest absolute Gasteiger partial charge is 0.246 e. The van der Waals surface area contributed by atoms with Gasteiger partial charge >= 0.3 is 0 Å². The van der Waals surface area contributed by atoms with Gasteiger partial charge in [-0.15, -0.1) is 0 Å². The highest BCUT2D eigenvalue weighted by atomic mass is 16.7. The molecule has 8 nitrogen and oxygen atoms in total. The van der Waals surface area contributed by atoms with Crippen LogP contribution in [0.1, 0.15) is 0 Å². The SMILES string of the molecule is [2H]NCC(=O)C1(O)O[C@H](CO)[C@@H](O)[C@H](O)[C@H]1N. The molecule has 0 amide bonds. The molecule has 0 radical (unpaired) electrons. The molecular formula is C8H16N2O6. The second kappa shape index (κ2) is 4.72. The van der Waals surface area contributed by atoms with Gasteiger partial charge in [-0.25, -0.2) is 0 Å². The Kier molecular flexibility index (Phi) is 3.50. The summed E-state index contributed by atoms with van der Waals surface area (Å²) in [5, 5.41) is 37.8. The van der Waals surface area contributed by atoms with E-state index in [0.29, 0.717) is 0 Å². The number of rotatable bonds is 4. The van der Waals surface area contributed by atoms with Gasteiger partial charge in [0.15, 0.2) is 0 Å². The van der Waals surface area contributed by atoms with Gasteiger partial charge in [0.2, 0.25) is 11.6 Å². The number of aliphatic hydroxyl groups excluding tert-OH is 3. The molecule has 1 unspecified atom stereocenters. The van der Waals surface area contributed by atoms with Crippen LogP contribution in [0, 0.1) is 0 Å². The Morgan fingerprint density at radius 3 is 2.62 bits per heavy atom. The molecule has 94 valence electrons. The van der Waals surface area contributed by atoms with Crippen molar-refractivity contribution in [2.75, 3.05) is 13.2 Å². The Bertz CT molecular complexity index is 291. The summed E-state index contributed by atoms with van der Waals surface area (Å²) in [6.07, 6.45) is -4.46. The van der Waals surface area contributed by atoms with E-state index in [1.54, 1.807) is 5.73 Å². The lowest BCUT2D eigenvalue weighted by molar-refractivity contribution is -0.297. The highest BCUT2D eigenvalue weighted by molar-refractivity contribution is 5.88. The van der Waals surface area contributed by atoms with E-state index in [9.17, 15) is 20.1 Å². The Morgan fingerprint density at radius 2 is 2.12 bits per heavy atom. The highest BCUT2D eigenvalue weighted by Crippen LogP contribution is 2.27. The Morgan fingerprint density at radius 1 is 1.50 bits per heavy atom. The number of aliphatic hydroxyl groups is 4. The molecule has 0 spiro atoms. The molecule has 1 aliphatic heterocycles. The van der Waals surface area contributed by atoms with Crippen LogP contribution >= 0.6 is 0 Å². The molecule has 0 aromatic carbocycles. The van der Waals surface area contributed by atoms with Crippen molar-refractivity contribution < 1.29 is 31.4 Å². The fourth-order valence-electron chi connectivity index (χ4n) is 1.57. The molecule has 0 bridgehead atoms. The van der Waals surface area contributed by atoms with Crippen LogP contribution in [-0.4, -0.2) is 69.5 Å². The summed E-state index contributed by atoms with van der Waals surface area (Å²) in [6.45, 7) is -1.25. The van der Waals surface area contributed by atoms with Crippen molar-refractivity contribution >= 4 is 5.78 Å². The van der Waals surface area contributed by atoms with Crippen molar-refractivity contribution in [3.8, 4) is 0 Å². The summed E-state index contributed by atoms with van der Waals surface area (Å²) in [4.78, 5) is 11.5. The summed E-state index contributed by atoms with van der Waals surface area (Å²) in [6, 6.07) is -1.57. The third kappa shape index (κ3) is 1.96. The summed E-state index contributed by atoms with van der Waals surface area (Å²) >= 11 is 0. The Labute approximate surface area is 92.9 Å². The lowest BCUT2D eigenvalue weighted by Gasteiger charge is -2.44. The minimum Gasteiger partial charge on any atom is -0.394 e. The zero-order valence-corrected chi connectivity index (χ0v) is 8.41. The lowest BCUT2D eigenvalue weighted by atomic mass is 9.88. The predicted molar refractivity (Wildman–Crippen MR) is 51.0 cm³/mol. The highest BCUT2D eigenvalue weighted by Gasteiger charge is 2.55. The van der Waals surface area contributed by atoms with Gasteiger partial charge in [-0.05, 0) is 0 Å². The summed E-state index contributed by atoms with van der Waals surface area (Å²) < 4.78 is 11.5. The molecule has 0 saturated carbocycles. The molecule has 1 aliphatic rings. The van der Waals surface area contributed by atoms with Crippen LogP contribution in [0.3, 0.4) is 0 Å². The van der Waals surface area contributed by atoms with Crippen LogP contribution in [0.2, 0.25) is 1.41 Å². The quantitative estimate of drug-likeness (QED) is 0.286. The number of Topliss-reactive ketones (excluding diaryl/α,β-unsaturated/α-hetero) is 1. The normalized spacial score (nSPS) is 45.2. The molecule has 1 heterocycles. The van der Waals surface area contributed by atoms with Gasteiger partial charge in [0.1, 0.15) is 19.7 Å². The maximum Gasteiger partial charge on any atom is 0.246 e. The van der Waals surface area contributed by atoms with E-state index in [1.165, 1.54) is 0 Å². The predicted octanol–water partition coefficient (Wildman–Crippen LogP) is -4.36. The van der Waals surface area contributed by atoms with E-state index in [1.807, 2.05) is 0 Å². The van der Waals surface area contributed by atoms with Crippen LogP contribution in [0.5, 0.6) is 0 Å². The monoisotopic (exact) mass is 237 g/mol. The lowest BCUT2D eigenvalue weighted by Crippen LogP contribution is -2.71. The van der Waals surface area contributed by atoms with E-state index < -0.39 is 49.1 Å². The van der Waals surface area contributed by atoms with Gasteiger partial charge in [0.25, 0.3) is 0 Å². The molecule has 0 aromatic rings. The van der Waals surface area contributed by atoms with Crippen LogP contribution < -0.4 is 11.5 Å². The third-order valence-corrected chi connectivity index (χ3v) is 2.62. The number of ketones is 1. The van der Waals surface area contributed by atoms with Gasteiger partial charge in [0, 0.05) is 0 Å². The number of carbonyl (C=O) groups excluding carboxylic acids is 1. The maximum absolute atomic E-state index is 11.5. The molecule has 1 fully saturated rings. The van der Waals surface area contributed by atoms with E-state index >= 15 is 0 Å². The van der Waals surface area contributed by atoms with Crippen molar-refractivity contribution in [1.82, 2.24) is 0 Å². The molecule has 16 heavy (non-hydrogen) atoms. The number of hydrogen-bond donors (Lipinski definition) is 6. The number of ether oxygens (including phenoxy) is 1. The molecule has 0 aromatic heterocycles. The Hall–Kier alpha value is -0.610. The average Bonchev–Trinajstić information content (AvgIpc) is 2.31. The molecule has 8 N–H and O–H groups in total. The van der Waals surface area contributed by atoms with Crippen LogP contribution in [0.4, 0.5) is 0 Å². The molecular weight excluding hydrogens is 220 g/mol. The second-order valence-electron chi connectivity index (χ2n) is 3.64. The first kappa shape index (κ1) is 11.9. The van der Waals surface area contributed by atoms with E-state index in [-0.39, 0.29) is 0 Å². The largest absolute Gasteiger partial charge is 0.394 e. The minimum absolute atomic E-state index is 0.550. The van der Waals surface area contributed by atoms with Crippen molar-refractivity contribution in [1.29, 1.82) is 0 Å². The van der Waals surface area contributed by atoms with Crippen molar-refractivity contribution in [2.45, 2.75) is 30.1 Å². The maximum atomic E-state index is 11.5. The Balaban J connectivity index is 2.94. The molecule has 8 heteroatoms. The van der Waals surface area contributed by atoms with Gasteiger partial charge in [-0.3, -0.25) is 4.79 Å². The third-order valence-electron chi connectivity index (χ3n) is 2.62. The van der Waals surface area contributed by atoms with Crippen molar-refractivity contribution in [3.63, 3.8) is 0 Å².